The lowest BCUT2D eigenvalue weighted by atomic mass is 10.2. The topological polar surface area (TPSA) is 32.3 Å². The first-order valence-corrected chi connectivity index (χ1v) is 4.77. The summed E-state index contributed by atoms with van der Waals surface area (Å²) in [4.78, 5) is 13.5. The predicted molar refractivity (Wildman–Crippen MR) is 46.8 cm³/mol. The predicted octanol–water partition coefficient (Wildman–Crippen LogP) is 0.217. The van der Waals surface area contributed by atoms with Crippen LogP contribution in [0.4, 0.5) is 0 Å². The molecule has 1 saturated carbocycles. The van der Waals surface area contributed by atoms with E-state index in [-0.39, 0.29) is 5.91 Å². The van der Waals surface area contributed by atoms with Crippen molar-refractivity contribution in [3.8, 4) is 0 Å². The van der Waals surface area contributed by atoms with Crippen LogP contribution in [0.15, 0.2) is 0 Å². The van der Waals surface area contributed by atoms with Crippen LogP contribution < -0.4 is 5.32 Å². The van der Waals surface area contributed by atoms with Gasteiger partial charge in [0.25, 0.3) is 0 Å². The summed E-state index contributed by atoms with van der Waals surface area (Å²) in [5.41, 5.74) is 0. The van der Waals surface area contributed by atoms with Crippen LogP contribution in [0.2, 0.25) is 0 Å². The number of carbonyl (C=O) groups excluding carboxylic acids is 1. The van der Waals surface area contributed by atoms with Crippen LogP contribution in [-0.2, 0) is 4.79 Å². The first-order valence-electron chi connectivity index (χ1n) is 4.77. The molecule has 0 aromatic rings. The molecule has 2 rings (SSSR count). The van der Waals surface area contributed by atoms with Crippen LogP contribution in [0.3, 0.4) is 0 Å². The van der Waals surface area contributed by atoms with Crippen LogP contribution in [0.5, 0.6) is 0 Å². The lowest BCUT2D eigenvalue weighted by Gasteiger charge is -2.29. The van der Waals surface area contributed by atoms with E-state index in [0.717, 1.165) is 13.1 Å². The molecule has 3 heteroatoms. The Bertz CT molecular complexity index is 180. The van der Waals surface area contributed by atoms with Gasteiger partial charge in [-0.15, -0.1) is 0 Å². The number of likely N-dealkylation sites (tertiary alicyclic amines) is 1. The fraction of sp³-hybridized carbons (Fsp3) is 0.889. The van der Waals surface area contributed by atoms with Gasteiger partial charge in [-0.1, -0.05) is 6.92 Å². The molecule has 1 aliphatic carbocycles. The highest BCUT2D eigenvalue weighted by atomic mass is 16.2. The average Bonchev–Trinajstić information content (AvgIpc) is 2.58. The summed E-state index contributed by atoms with van der Waals surface area (Å²) in [7, 11) is 0. The van der Waals surface area contributed by atoms with Gasteiger partial charge in [-0.05, 0) is 31.8 Å². The van der Waals surface area contributed by atoms with Crippen LogP contribution in [-0.4, -0.2) is 36.5 Å². The molecular weight excluding hydrogens is 152 g/mol. The molecule has 1 amide bonds. The maximum absolute atomic E-state index is 11.3. The first kappa shape index (κ1) is 8.05. The monoisotopic (exact) mass is 168 g/mol. The SMILES string of the molecule is C[C@@H]1C[C@H]1NC(=O)CN1CCC1. The third-order valence-corrected chi connectivity index (χ3v) is 2.77. The molecule has 1 N–H and O–H groups in total. The Morgan fingerprint density at radius 1 is 1.58 bits per heavy atom. The fourth-order valence-corrected chi connectivity index (χ4v) is 1.52. The van der Waals surface area contributed by atoms with Gasteiger partial charge in [0, 0.05) is 6.04 Å². The second-order valence-electron chi connectivity index (χ2n) is 4.02. The van der Waals surface area contributed by atoms with Crippen LogP contribution in [0, 0.1) is 5.92 Å². The van der Waals surface area contributed by atoms with E-state index in [4.69, 9.17) is 0 Å². The third-order valence-electron chi connectivity index (χ3n) is 2.77. The zero-order chi connectivity index (χ0) is 8.55. The molecule has 1 aliphatic heterocycles. The van der Waals surface area contributed by atoms with Crippen molar-refractivity contribution < 1.29 is 4.79 Å². The number of carbonyl (C=O) groups is 1. The van der Waals surface area contributed by atoms with Gasteiger partial charge in [0.1, 0.15) is 0 Å². The highest BCUT2D eigenvalue weighted by molar-refractivity contribution is 5.78. The molecule has 1 saturated heterocycles. The number of amides is 1. The van der Waals surface area contributed by atoms with Crippen molar-refractivity contribution in [1.29, 1.82) is 0 Å². The molecule has 0 bridgehead atoms. The van der Waals surface area contributed by atoms with Gasteiger partial charge in [-0.3, -0.25) is 9.69 Å². The summed E-state index contributed by atoms with van der Waals surface area (Å²) in [6.45, 7) is 5.00. The van der Waals surface area contributed by atoms with E-state index in [2.05, 4.69) is 17.1 Å². The average molecular weight is 168 g/mol. The largest absolute Gasteiger partial charge is 0.352 e. The summed E-state index contributed by atoms with van der Waals surface area (Å²) < 4.78 is 0. The molecule has 0 radical (unpaired) electrons. The standard InChI is InChI=1S/C9H16N2O/c1-7-5-8(7)10-9(12)6-11-3-2-4-11/h7-8H,2-6H2,1H3,(H,10,12)/t7-,8-/m1/s1. The molecule has 2 fully saturated rings. The van der Waals surface area contributed by atoms with Crippen molar-refractivity contribution >= 4 is 5.91 Å². The van der Waals surface area contributed by atoms with Gasteiger partial charge in [-0.2, -0.15) is 0 Å². The van der Waals surface area contributed by atoms with Crippen LogP contribution in [0.1, 0.15) is 19.8 Å². The molecule has 12 heavy (non-hydrogen) atoms. The van der Waals surface area contributed by atoms with Crippen LogP contribution >= 0.6 is 0 Å². The van der Waals surface area contributed by atoms with E-state index >= 15 is 0 Å². The first-order chi connectivity index (χ1) is 5.75. The molecule has 68 valence electrons. The second kappa shape index (κ2) is 3.05. The second-order valence-corrected chi connectivity index (χ2v) is 4.02. The minimum Gasteiger partial charge on any atom is -0.352 e. The molecular formula is C9H16N2O. The van der Waals surface area contributed by atoms with E-state index < -0.39 is 0 Å². The zero-order valence-electron chi connectivity index (χ0n) is 7.55. The minimum atomic E-state index is 0.212. The van der Waals surface area contributed by atoms with E-state index in [0.29, 0.717) is 18.5 Å². The smallest absolute Gasteiger partial charge is 0.234 e. The molecule has 0 aromatic carbocycles. The highest BCUT2D eigenvalue weighted by Crippen LogP contribution is 2.28. The van der Waals surface area contributed by atoms with E-state index in [9.17, 15) is 4.79 Å². The Hall–Kier alpha value is -0.570. The van der Waals surface area contributed by atoms with E-state index in [1.807, 2.05) is 0 Å². The number of nitrogens with one attached hydrogen (secondary N) is 1. The van der Waals surface area contributed by atoms with E-state index in [1.54, 1.807) is 0 Å². The maximum Gasteiger partial charge on any atom is 0.234 e. The van der Waals surface area contributed by atoms with Crippen molar-refractivity contribution in [3.05, 3.63) is 0 Å². The van der Waals surface area contributed by atoms with Gasteiger partial charge in [-0.25, -0.2) is 0 Å². The molecule has 0 unspecified atom stereocenters. The van der Waals surface area contributed by atoms with Crippen molar-refractivity contribution in [2.24, 2.45) is 5.92 Å². The van der Waals surface area contributed by atoms with Gasteiger partial charge in [0.2, 0.25) is 5.91 Å². The Labute approximate surface area is 73.1 Å². The molecule has 2 atom stereocenters. The van der Waals surface area contributed by atoms with E-state index in [1.165, 1.54) is 12.8 Å². The summed E-state index contributed by atoms with van der Waals surface area (Å²) in [6.07, 6.45) is 2.43. The molecule has 2 aliphatic rings. The summed E-state index contributed by atoms with van der Waals surface area (Å²) in [5, 5.41) is 3.02. The van der Waals surface area contributed by atoms with Crippen molar-refractivity contribution in [2.75, 3.05) is 19.6 Å². The Kier molecular flexibility index (Phi) is 2.05. The lowest BCUT2D eigenvalue weighted by molar-refractivity contribution is -0.123. The van der Waals surface area contributed by atoms with Gasteiger partial charge in [0.05, 0.1) is 6.54 Å². The zero-order valence-corrected chi connectivity index (χ0v) is 7.55. The normalized spacial score (nSPS) is 34.1. The Morgan fingerprint density at radius 3 is 2.67 bits per heavy atom. The summed E-state index contributed by atoms with van der Waals surface area (Å²) in [6, 6.07) is 0.485. The molecule has 1 heterocycles. The Balaban J connectivity index is 1.63. The summed E-state index contributed by atoms with van der Waals surface area (Å²) >= 11 is 0. The van der Waals surface area contributed by atoms with Crippen molar-refractivity contribution in [3.63, 3.8) is 0 Å². The highest BCUT2D eigenvalue weighted by Gasteiger charge is 2.34. The number of nitrogens with zero attached hydrogens (tertiary/aromatic N) is 1. The maximum atomic E-state index is 11.3. The summed E-state index contributed by atoms with van der Waals surface area (Å²) in [5.74, 6) is 0.925. The lowest BCUT2D eigenvalue weighted by Crippen LogP contribution is -2.45. The van der Waals surface area contributed by atoms with Crippen LogP contribution in [0.25, 0.3) is 0 Å². The quantitative estimate of drug-likeness (QED) is 0.653. The van der Waals surface area contributed by atoms with Gasteiger partial charge >= 0.3 is 0 Å². The molecule has 3 nitrogen and oxygen atoms in total. The van der Waals surface area contributed by atoms with Crippen molar-refractivity contribution in [1.82, 2.24) is 10.2 Å². The third kappa shape index (κ3) is 1.78. The fourth-order valence-electron chi connectivity index (χ4n) is 1.52. The van der Waals surface area contributed by atoms with Gasteiger partial charge in [0.15, 0.2) is 0 Å². The number of hydrogen-bond acceptors (Lipinski definition) is 2. The number of rotatable bonds is 3. The molecule has 0 aromatic heterocycles. The molecule has 0 spiro atoms. The van der Waals surface area contributed by atoms with Gasteiger partial charge < -0.3 is 5.32 Å². The number of hydrogen-bond donors (Lipinski definition) is 1. The Morgan fingerprint density at radius 2 is 2.25 bits per heavy atom. The van der Waals surface area contributed by atoms with Crippen molar-refractivity contribution in [2.45, 2.75) is 25.8 Å². The minimum absolute atomic E-state index is 0.212.